The first kappa shape index (κ1) is 23.1. The number of benzene rings is 1. The smallest absolute Gasteiger partial charge is 0.258 e. The van der Waals surface area contributed by atoms with Crippen molar-refractivity contribution in [2.24, 2.45) is 5.92 Å². The van der Waals surface area contributed by atoms with Crippen LogP contribution in [0.4, 0.5) is 5.00 Å². The number of fused-ring (bicyclic) bond motifs is 2. The molecule has 9 heteroatoms. The lowest BCUT2D eigenvalue weighted by atomic mass is 9.89. The van der Waals surface area contributed by atoms with Gasteiger partial charge >= 0.3 is 0 Å². The molecule has 1 aliphatic carbocycles. The Morgan fingerprint density at radius 3 is 3.03 bits per heavy atom. The fourth-order valence-corrected chi connectivity index (χ4v) is 5.56. The summed E-state index contributed by atoms with van der Waals surface area (Å²) in [7, 11) is 1.60. The highest BCUT2D eigenvalue weighted by atomic mass is 32.1. The number of nitriles is 1. The predicted octanol–water partition coefficient (Wildman–Crippen LogP) is 3.07. The first-order valence-electron chi connectivity index (χ1n) is 11.0. The number of aromatic nitrogens is 2. The van der Waals surface area contributed by atoms with Crippen LogP contribution in [0, 0.1) is 17.2 Å². The van der Waals surface area contributed by atoms with Crippen LogP contribution in [0.5, 0.6) is 0 Å². The van der Waals surface area contributed by atoms with E-state index in [2.05, 4.69) is 28.3 Å². The number of ether oxygens (including phenoxy) is 1. The van der Waals surface area contributed by atoms with E-state index in [9.17, 15) is 14.9 Å². The predicted molar refractivity (Wildman–Crippen MR) is 128 cm³/mol. The topological polar surface area (TPSA) is 111 Å². The molecule has 0 radical (unpaired) electrons. The summed E-state index contributed by atoms with van der Waals surface area (Å²) in [5.74, 6) is 0.866. The SMILES string of the molecule is COCCN(CC(=O)Nc1sc2c(c1C#N)CC[C@H](C)C2)Cc1nc2ccccc2c(=O)[nH]1. The van der Waals surface area contributed by atoms with Crippen molar-refractivity contribution in [2.75, 3.05) is 32.1 Å². The highest BCUT2D eigenvalue weighted by molar-refractivity contribution is 7.16. The lowest BCUT2D eigenvalue weighted by molar-refractivity contribution is -0.117. The Morgan fingerprint density at radius 2 is 2.24 bits per heavy atom. The summed E-state index contributed by atoms with van der Waals surface area (Å²) in [5.41, 5.74) is 2.09. The van der Waals surface area contributed by atoms with E-state index in [4.69, 9.17) is 4.74 Å². The number of amides is 1. The third kappa shape index (κ3) is 5.30. The van der Waals surface area contributed by atoms with Crippen molar-refractivity contribution >= 4 is 33.1 Å². The van der Waals surface area contributed by atoms with Crippen molar-refractivity contribution in [3.8, 4) is 6.07 Å². The van der Waals surface area contributed by atoms with E-state index < -0.39 is 0 Å². The van der Waals surface area contributed by atoms with Crippen LogP contribution in [-0.2, 0) is 28.9 Å². The number of thiophene rings is 1. The molecule has 3 aromatic rings. The summed E-state index contributed by atoms with van der Waals surface area (Å²) < 4.78 is 5.20. The number of hydrogen-bond acceptors (Lipinski definition) is 7. The highest BCUT2D eigenvalue weighted by Gasteiger charge is 2.25. The molecule has 2 heterocycles. The van der Waals surface area contributed by atoms with Gasteiger partial charge in [0.2, 0.25) is 5.91 Å². The van der Waals surface area contributed by atoms with Gasteiger partial charge in [-0.2, -0.15) is 5.26 Å². The van der Waals surface area contributed by atoms with Crippen LogP contribution in [0.2, 0.25) is 0 Å². The molecule has 0 bridgehead atoms. The van der Waals surface area contributed by atoms with Crippen LogP contribution < -0.4 is 10.9 Å². The number of anilines is 1. The molecular formula is C24H27N5O3S. The van der Waals surface area contributed by atoms with E-state index in [1.165, 1.54) is 16.2 Å². The van der Waals surface area contributed by atoms with Crippen molar-refractivity contribution in [2.45, 2.75) is 32.7 Å². The number of carbonyl (C=O) groups excluding carboxylic acids is 1. The Hall–Kier alpha value is -3.06. The molecule has 33 heavy (non-hydrogen) atoms. The van der Waals surface area contributed by atoms with Gasteiger partial charge in [0.15, 0.2) is 0 Å². The largest absolute Gasteiger partial charge is 0.383 e. The van der Waals surface area contributed by atoms with E-state index in [0.717, 1.165) is 24.8 Å². The minimum absolute atomic E-state index is 0.0870. The number of carbonyl (C=O) groups is 1. The maximum atomic E-state index is 12.9. The second kappa shape index (κ2) is 10.3. The summed E-state index contributed by atoms with van der Waals surface area (Å²) in [4.78, 5) is 35.7. The highest BCUT2D eigenvalue weighted by Crippen LogP contribution is 2.39. The molecule has 1 amide bonds. The molecule has 4 rings (SSSR count). The van der Waals surface area contributed by atoms with Gasteiger partial charge < -0.3 is 15.0 Å². The molecule has 8 nitrogen and oxygen atoms in total. The second-order valence-corrected chi connectivity index (χ2v) is 9.55. The monoisotopic (exact) mass is 465 g/mol. The Morgan fingerprint density at radius 1 is 1.42 bits per heavy atom. The molecular weight excluding hydrogens is 438 g/mol. The average molecular weight is 466 g/mol. The Bertz CT molecular complexity index is 1260. The van der Waals surface area contributed by atoms with Crippen molar-refractivity contribution in [3.63, 3.8) is 0 Å². The Balaban J connectivity index is 1.50. The molecule has 1 atom stereocenters. The summed E-state index contributed by atoms with van der Waals surface area (Å²) in [6, 6.07) is 9.45. The lowest BCUT2D eigenvalue weighted by Crippen LogP contribution is -2.36. The maximum absolute atomic E-state index is 12.9. The number of methoxy groups -OCH3 is 1. The number of H-pyrrole nitrogens is 1. The van der Waals surface area contributed by atoms with Crippen molar-refractivity contribution in [3.05, 3.63) is 56.4 Å². The minimum Gasteiger partial charge on any atom is -0.383 e. The van der Waals surface area contributed by atoms with Gasteiger partial charge in [-0.1, -0.05) is 19.1 Å². The first-order valence-corrected chi connectivity index (χ1v) is 11.8. The Kier molecular flexibility index (Phi) is 7.18. The fraction of sp³-hybridized carbons (Fsp3) is 0.417. The summed E-state index contributed by atoms with van der Waals surface area (Å²) in [6.45, 7) is 3.51. The molecule has 0 aliphatic heterocycles. The fourth-order valence-electron chi connectivity index (χ4n) is 4.18. The molecule has 0 saturated carbocycles. The number of rotatable bonds is 8. The van der Waals surface area contributed by atoms with Crippen LogP contribution >= 0.6 is 11.3 Å². The molecule has 0 spiro atoms. The average Bonchev–Trinajstić information content (AvgIpc) is 3.13. The van der Waals surface area contributed by atoms with Crippen LogP contribution in [0.25, 0.3) is 10.9 Å². The molecule has 0 fully saturated rings. The van der Waals surface area contributed by atoms with Crippen LogP contribution in [0.3, 0.4) is 0 Å². The zero-order valence-electron chi connectivity index (χ0n) is 18.8. The normalized spacial score (nSPS) is 15.4. The number of nitrogens with zero attached hydrogens (tertiary/aromatic N) is 3. The van der Waals surface area contributed by atoms with Gasteiger partial charge in [-0.15, -0.1) is 11.3 Å². The van der Waals surface area contributed by atoms with Gasteiger partial charge in [-0.25, -0.2) is 4.98 Å². The molecule has 0 unspecified atom stereocenters. The number of aromatic amines is 1. The van der Waals surface area contributed by atoms with E-state index in [-0.39, 0.29) is 18.0 Å². The molecule has 2 aromatic heterocycles. The standard InChI is InChI=1S/C24H27N5O3S/c1-15-7-8-16-18(12-25)24(33-20(16)11-15)28-22(30)14-29(9-10-32-2)13-21-26-19-6-4-3-5-17(19)23(31)27-21/h3-6,15H,7-11,13-14H2,1-2H3,(H,28,30)(H,26,27,31)/t15-/m0/s1. The van der Waals surface area contributed by atoms with E-state index in [1.54, 1.807) is 25.3 Å². The van der Waals surface area contributed by atoms with Gasteiger partial charge in [0.1, 0.15) is 16.9 Å². The van der Waals surface area contributed by atoms with Crippen LogP contribution in [0.1, 0.15) is 35.2 Å². The summed E-state index contributed by atoms with van der Waals surface area (Å²) >= 11 is 1.51. The molecule has 2 N–H and O–H groups in total. The number of para-hydroxylation sites is 1. The molecule has 1 aromatic carbocycles. The van der Waals surface area contributed by atoms with Crippen molar-refractivity contribution in [1.29, 1.82) is 5.26 Å². The summed E-state index contributed by atoms with van der Waals surface area (Å²) in [5, 5.41) is 13.8. The van der Waals surface area contributed by atoms with Crippen LogP contribution in [-0.4, -0.2) is 47.6 Å². The number of nitrogens with one attached hydrogen (secondary N) is 2. The van der Waals surface area contributed by atoms with E-state index in [0.29, 0.717) is 52.9 Å². The lowest BCUT2D eigenvalue weighted by Gasteiger charge is -2.20. The van der Waals surface area contributed by atoms with E-state index in [1.807, 2.05) is 11.0 Å². The zero-order valence-corrected chi connectivity index (χ0v) is 19.6. The summed E-state index contributed by atoms with van der Waals surface area (Å²) in [6.07, 6.45) is 2.89. The molecule has 1 aliphatic rings. The van der Waals surface area contributed by atoms with E-state index >= 15 is 0 Å². The van der Waals surface area contributed by atoms with Gasteiger partial charge in [0.25, 0.3) is 5.56 Å². The number of hydrogen-bond donors (Lipinski definition) is 2. The first-order chi connectivity index (χ1) is 16.0. The molecule has 0 saturated heterocycles. The van der Waals surface area contributed by atoms with Gasteiger partial charge in [0.05, 0.1) is 36.2 Å². The quantitative estimate of drug-likeness (QED) is 0.529. The maximum Gasteiger partial charge on any atom is 0.258 e. The zero-order chi connectivity index (χ0) is 23.4. The van der Waals surface area contributed by atoms with Gasteiger partial charge in [-0.05, 0) is 42.9 Å². The third-order valence-corrected chi connectivity index (χ3v) is 7.06. The third-order valence-electron chi connectivity index (χ3n) is 5.89. The second-order valence-electron chi connectivity index (χ2n) is 8.45. The van der Waals surface area contributed by atoms with Crippen molar-refractivity contribution in [1.82, 2.24) is 14.9 Å². The minimum atomic E-state index is -0.211. The van der Waals surface area contributed by atoms with Crippen LogP contribution in [0.15, 0.2) is 29.1 Å². The van der Waals surface area contributed by atoms with Gasteiger partial charge in [0, 0.05) is 18.5 Å². The Labute approximate surface area is 196 Å². The van der Waals surface area contributed by atoms with Crippen molar-refractivity contribution < 1.29 is 9.53 Å². The molecule has 172 valence electrons. The van der Waals surface area contributed by atoms with Gasteiger partial charge in [-0.3, -0.25) is 14.5 Å².